The lowest BCUT2D eigenvalue weighted by Gasteiger charge is -2.17. The summed E-state index contributed by atoms with van der Waals surface area (Å²) in [4.78, 5) is 28.3. The number of ether oxygens (including phenoxy) is 3. The highest BCUT2D eigenvalue weighted by Gasteiger charge is 2.39. The lowest BCUT2D eigenvalue weighted by Crippen LogP contribution is -2.32. The van der Waals surface area contributed by atoms with Crippen molar-refractivity contribution in [1.82, 2.24) is 4.90 Å². The summed E-state index contributed by atoms with van der Waals surface area (Å²) in [5.74, 6) is 1.14. The molecule has 7 heteroatoms. The van der Waals surface area contributed by atoms with E-state index in [1.165, 1.54) is 4.90 Å². The fourth-order valence-electron chi connectivity index (χ4n) is 3.84. The van der Waals surface area contributed by atoms with E-state index in [9.17, 15) is 9.59 Å². The Labute approximate surface area is 198 Å². The lowest BCUT2D eigenvalue weighted by atomic mass is 10.0. The Morgan fingerprint density at radius 3 is 2.29 bits per heavy atom. The number of benzene rings is 3. The molecule has 0 atom stereocenters. The van der Waals surface area contributed by atoms with Gasteiger partial charge < -0.3 is 19.5 Å². The highest BCUT2D eigenvalue weighted by molar-refractivity contribution is 6.36. The summed E-state index contributed by atoms with van der Waals surface area (Å²) in [7, 11) is 3.14. The Morgan fingerprint density at radius 2 is 1.59 bits per heavy atom. The summed E-state index contributed by atoms with van der Waals surface area (Å²) < 4.78 is 16.2. The van der Waals surface area contributed by atoms with Gasteiger partial charge in [-0.05, 0) is 42.8 Å². The second-order valence-electron chi connectivity index (χ2n) is 7.57. The number of rotatable bonds is 9. The molecule has 0 spiro atoms. The summed E-state index contributed by atoms with van der Waals surface area (Å²) in [6, 6.07) is 21.7. The molecule has 0 saturated carbocycles. The average molecular weight is 459 g/mol. The number of hydrogen-bond acceptors (Lipinski definition) is 6. The molecule has 0 unspecified atom stereocenters. The van der Waals surface area contributed by atoms with E-state index in [-0.39, 0.29) is 18.1 Å². The second kappa shape index (κ2) is 10.1. The van der Waals surface area contributed by atoms with Crippen molar-refractivity contribution in [3.63, 3.8) is 0 Å². The van der Waals surface area contributed by atoms with Gasteiger partial charge in [0.05, 0.1) is 32.9 Å². The van der Waals surface area contributed by atoms with Crippen LogP contribution in [0, 0.1) is 0 Å². The van der Waals surface area contributed by atoms with Gasteiger partial charge in [-0.1, -0.05) is 36.4 Å². The Hall–Kier alpha value is -4.26. The maximum atomic E-state index is 13.6. The Bertz CT molecular complexity index is 1230. The standard InChI is InChI=1S/C27H26N2O5/c1-4-34-22-10-7-9-20(16-22)28-25-24(18-12-14-21(32-2)15-13-18)26(30)29(27(25)31)17-19-8-5-6-11-23(19)33-3/h5-16,28H,4,17H2,1-3H3. The van der Waals surface area contributed by atoms with Crippen LogP contribution in [0.1, 0.15) is 18.1 Å². The van der Waals surface area contributed by atoms with Gasteiger partial charge >= 0.3 is 0 Å². The maximum absolute atomic E-state index is 13.6. The Kier molecular flexibility index (Phi) is 6.82. The third-order valence-electron chi connectivity index (χ3n) is 5.48. The predicted octanol–water partition coefficient (Wildman–Crippen LogP) is 4.49. The molecule has 0 bridgehead atoms. The zero-order valence-corrected chi connectivity index (χ0v) is 19.3. The van der Waals surface area contributed by atoms with Crippen molar-refractivity contribution in [1.29, 1.82) is 0 Å². The first-order valence-electron chi connectivity index (χ1n) is 10.9. The van der Waals surface area contributed by atoms with Gasteiger partial charge in [0.1, 0.15) is 22.9 Å². The van der Waals surface area contributed by atoms with Crippen LogP contribution < -0.4 is 19.5 Å². The van der Waals surface area contributed by atoms with E-state index in [0.717, 1.165) is 5.56 Å². The number of para-hydroxylation sites is 1. The minimum Gasteiger partial charge on any atom is -0.497 e. The van der Waals surface area contributed by atoms with E-state index in [1.807, 2.05) is 43.3 Å². The molecule has 34 heavy (non-hydrogen) atoms. The van der Waals surface area contributed by atoms with Crippen molar-refractivity contribution in [3.8, 4) is 17.2 Å². The summed E-state index contributed by atoms with van der Waals surface area (Å²) in [5, 5.41) is 3.17. The van der Waals surface area contributed by atoms with E-state index in [1.54, 1.807) is 50.6 Å². The zero-order valence-electron chi connectivity index (χ0n) is 19.3. The van der Waals surface area contributed by atoms with Crippen molar-refractivity contribution in [2.45, 2.75) is 13.5 Å². The summed E-state index contributed by atoms with van der Waals surface area (Å²) in [5.41, 5.74) is 2.50. The average Bonchev–Trinajstić information content (AvgIpc) is 3.09. The predicted molar refractivity (Wildman–Crippen MR) is 130 cm³/mol. The van der Waals surface area contributed by atoms with Gasteiger partial charge in [-0.3, -0.25) is 14.5 Å². The molecule has 1 N–H and O–H groups in total. The van der Waals surface area contributed by atoms with Gasteiger partial charge in [0.15, 0.2) is 0 Å². The molecular weight excluding hydrogens is 432 g/mol. The van der Waals surface area contributed by atoms with E-state index in [0.29, 0.717) is 40.7 Å². The van der Waals surface area contributed by atoms with Crippen molar-refractivity contribution in [2.24, 2.45) is 0 Å². The van der Waals surface area contributed by atoms with Crippen molar-refractivity contribution >= 4 is 23.1 Å². The first kappa shape index (κ1) is 22.9. The fourth-order valence-corrected chi connectivity index (χ4v) is 3.84. The number of amides is 2. The van der Waals surface area contributed by atoms with Gasteiger partial charge in [0, 0.05) is 17.3 Å². The van der Waals surface area contributed by atoms with Crippen LogP contribution in [-0.4, -0.2) is 37.5 Å². The smallest absolute Gasteiger partial charge is 0.278 e. The number of carbonyl (C=O) groups is 2. The molecule has 0 aliphatic carbocycles. The largest absolute Gasteiger partial charge is 0.497 e. The quantitative estimate of drug-likeness (QED) is 0.476. The number of imide groups is 1. The summed E-state index contributed by atoms with van der Waals surface area (Å²) in [6.07, 6.45) is 0. The van der Waals surface area contributed by atoms with Crippen LogP contribution in [0.2, 0.25) is 0 Å². The maximum Gasteiger partial charge on any atom is 0.278 e. The van der Waals surface area contributed by atoms with E-state index in [4.69, 9.17) is 14.2 Å². The molecule has 0 fully saturated rings. The molecule has 1 aliphatic heterocycles. The van der Waals surface area contributed by atoms with Gasteiger partial charge in [-0.2, -0.15) is 0 Å². The van der Waals surface area contributed by atoms with Crippen LogP contribution in [-0.2, 0) is 16.1 Å². The molecule has 3 aromatic carbocycles. The normalized spacial score (nSPS) is 13.3. The first-order valence-corrected chi connectivity index (χ1v) is 10.9. The van der Waals surface area contributed by atoms with Crippen molar-refractivity contribution in [2.75, 3.05) is 26.1 Å². The van der Waals surface area contributed by atoms with Gasteiger partial charge in [0.2, 0.25) is 0 Å². The molecule has 1 heterocycles. The molecule has 2 amide bonds. The van der Waals surface area contributed by atoms with Crippen LogP contribution in [0.5, 0.6) is 17.2 Å². The molecule has 0 saturated heterocycles. The second-order valence-corrected chi connectivity index (χ2v) is 7.57. The van der Waals surface area contributed by atoms with Gasteiger partial charge in [-0.25, -0.2) is 0 Å². The number of nitrogens with zero attached hydrogens (tertiary/aromatic N) is 1. The highest BCUT2D eigenvalue weighted by atomic mass is 16.5. The molecule has 0 aromatic heterocycles. The number of nitrogens with one attached hydrogen (secondary N) is 1. The van der Waals surface area contributed by atoms with Crippen LogP contribution in [0.3, 0.4) is 0 Å². The summed E-state index contributed by atoms with van der Waals surface area (Å²) >= 11 is 0. The minimum absolute atomic E-state index is 0.0888. The number of carbonyl (C=O) groups excluding carboxylic acids is 2. The molecule has 174 valence electrons. The van der Waals surface area contributed by atoms with Crippen LogP contribution in [0.4, 0.5) is 5.69 Å². The van der Waals surface area contributed by atoms with Crippen molar-refractivity contribution in [3.05, 3.63) is 89.6 Å². The Morgan fingerprint density at radius 1 is 0.824 bits per heavy atom. The number of methoxy groups -OCH3 is 2. The minimum atomic E-state index is -0.413. The van der Waals surface area contributed by atoms with E-state index >= 15 is 0 Å². The number of hydrogen-bond donors (Lipinski definition) is 1. The molecule has 1 aliphatic rings. The Balaban J connectivity index is 1.73. The lowest BCUT2D eigenvalue weighted by molar-refractivity contribution is -0.137. The van der Waals surface area contributed by atoms with Crippen LogP contribution in [0.15, 0.2) is 78.5 Å². The molecule has 4 rings (SSSR count). The van der Waals surface area contributed by atoms with Crippen LogP contribution in [0.25, 0.3) is 5.57 Å². The monoisotopic (exact) mass is 458 g/mol. The van der Waals surface area contributed by atoms with Crippen LogP contribution >= 0.6 is 0 Å². The van der Waals surface area contributed by atoms with Gasteiger partial charge in [0.25, 0.3) is 11.8 Å². The zero-order chi connectivity index (χ0) is 24.1. The summed E-state index contributed by atoms with van der Waals surface area (Å²) in [6.45, 7) is 2.51. The third kappa shape index (κ3) is 4.59. The first-order chi connectivity index (χ1) is 16.5. The molecule has 3 aromatic rings. The van der Waals surface area contributed by atoms with E-state index in [2.05, 4.69) is 5.32 Å². The number of anilines is 1. The van der Waals surface area contributed by atoms with E-state index < -0.39 is 5.91 Å². The molecular formula is C27H26N2O5. The third-order valence-corrected chi connectivity index (χ3v) is 5.48. The highest BCUT2D eigenvalue weighted by Crippen LogP contribution is 2.34. The molecule has 7 nitrogen and oxygen atoms in total. The SMILES string of the molecule is CCOc1cccc(NC2=C(c3ccc(OC)cc3)C(=O)N(Cc3ccccc3OC)C2=O)c1. The molecule has 0 radical (unpaired) electrons. The topological polar surface area (TPSA) is 77.1 Å². The van der Waals surface area contributed by atoms with Crippen molar-refractivity contribution < 1.29 is 23.8 Å². The van der Waals surface area contributed by atoms with Gasteiger partial charge in [-0.15, -0.1) is 0 Å². The fraction of sp³-hybridized carbons (Fsp3) is 0.185.